The monoisotopic (exact) mass is 431 g/mol. The number of ether oxygens (including phenoxy) is 1. The first-order chi connectivity index (χ1) is 15.0. The lowest BCUT2D eigenvalue weighted by molar-refractivity contribution is -0.145. The number of esters is 1. The summed E-state index contributed by atoms with van der Waals surface area (Å²) in [6.07, 6.45) is 4.30. The summed E-state index contributed by atoms with van der Waals surface area (Å²) in [5, 5.41) is 3.18. The molecule has 0 saturated heterocycles. The fourth-order valence-corrected chi connectivity index (χ4v) is 5.02. The van der Waals surface area contributed by atoms with Crippen LogP contribution in [0.5, 0.6) is 0 Å². The van der Waals surface area contributed by atoms with Crippen molar-refractivity contribution in [1.29, 1.82) is 0 Å². The van der Waals surface area contributed by atoms with Crippen LogP contribution in [0, 0.1) is 0 Å². The molecule has 1 aliphatic carbocycles. The molecule has 1 aliphatic rings. The number of pyridine rings is 1. The molecule has 4 aromatic rings. The quantitative estimate of drug-likeness (QED) is 0.282. The van der Waals surface area contributed by atoms with Gasteiger partial charge in [-0.25, -0.2) is 9.97 Å². The fourth-order valence-electron chi connectivity index (χ4n) is 4.00. The van der Waals surface area contributed by atoms with Gasteiger partial charge >= 0.3 is 5.97 Å². The molecule has 1 saturated carbocycles. The van der Waals surface area contributed by atoms with E-state index in [1.165, 1.54) is 40.9 Å². The Morgan fingerprint density at radius 1 is 1.13 bits per heavy atom. The van der Waals surface area contributed by atoms with Crippen molar-refractivity contribution in [1.82, 2.24) is 14.5 Å². The molecular weight excluding hydrogens is 406 g/mol. The van der Waals surface area contributed by atoms with E-state index in [0.29, 0.717) is 12.5 Å². The molecule has 2 aromatic heterocycles. The van der Waals surface area contributed by atoms with Crippen molar-refractivity contribution in [2.45, 2.75) is 49.4 Å². The molecule has 1 fully saturated rings. The number of fused-ring (bicyclic) bond motifs is 2. The number of hydrogen-bond acceptors (Lipinski definition) is 5. The minimum atomic E-state index is -0.779. The zero-order valence-corrected chi connectivity index (χ0v) is 18.8. The number of carbonyl (C=O) groups excluding carboxylic acids is 1. The van der Waals surface area contributed by atoms with Gasteiger partial charge < -0.3 is 4.74 Å². The minimum Gasteiger partial charge on any atom is -0.465 e. The van der Waals surface area contributed by atoms with Crippen LogP contribution in [0.15, 0.2) is 59.9 Å². The van der Waals surface area contributed by atoms with Crippen molar-refractivity contribution in [3.63, 3.8) is 0 Å². The van der Waals surface area contributed by atoms with E-state index in [-0.39, 0.29) is 5.97 Å². The van der Waals surface area contributed by atoms with Crippen LogP contribution in [0.3, 0.4) is 0 Å². The van der Waals surface area contributed by atoms with Gasteiger partial charge in [0.1, 0.15) is 10.3 Å². The van der Waals surface area contributed by atoms with Gasteiger partial charge in [-0.1, -0.05) is 42.1 Å². The first-order valence-corrected chi connectivity index (χ1v) is 11.5. The molecular formula is C25H25N3O2S. The second-order valence-corrected chi connectivity index (χ2v) is 9.99. The molecule has 5 nitrogen and oxygen atoms in total. The van der Waals surface area contributed by atoms with Crippen molar-refractivity contribution in [3.8, 4) is 5.69 Å². The topological polar surface area (TPSA) is 57.0 Å². The Balaban J connectivity index is 1.71. The highest BCUT2D eigenvalue weighted by Gasteiger charge is 2.34. The van der Waals surface area contributed by atoms with Gasteiger partial charge in [-0.05, 0) is 68.7 Å². The first-order valence-electron chi connectivity index (χ1n) is 10.7. The van der Waals surface area contributed by atoms with Crippen molar-refractivity contribution in [3.05, 3.63) is 60.3 Å². The van der Waals surface area contributed by atoms with E-state index in [9.17, 15) is 4.79 Å². The van der Waals surface area contributed by atoms with E-state index in [4.69, 9.17) is 9.72 Å². The largest absolute Gasteiger partial charge is 0.465 e. The summed E-state index contributed by atoms with van der Waals surface area (Å²) >= 11 is 1.41. The van der Waals surface area contributed by atoms with E-state index in [1.807, 2.05) is 32.9 Å². The molecule has 0 aliphatic heterocycles. The van der Waals surface area contributed by atoms with Crippen molar-refractivity contribution in [2.24, 2.45) is 0 Å². The van der Waals surface area contributed by atoms with Gasteiger partial charge in [0.05, 0.1) is 12.3 Å². The van der Waals surface area contributed by atoms with Crippen LogP contribution < -0.4 is 0 Å². The molecule has 0 radical (unpaired) electrons. The summed E-state index contributed by atoms with van der Waals surface area (Å²) in [7, 11) is 0. The summed E-state index contributed by atoms with van der Waals surface area (Å²) in [4.78, 5) is 22.1. The van der Waals surface area contributed by atoms with Crippen molar-refractivity contribution >= 4 is 39.7 Å². The number of imidazole rings is 1. The molecule has 2 heterocycles. The highest BCUT2D eigenvalue weighted by Crippen LogP contribution is 2.45. The number of nitrogens with zero attached hydrogens (tertiary/aromatic N) is 3. The molecule has 31 heavy (non-hydrogen) atoms. The summed E-state index contributed by atoms with van der Waals surface area (Å²) in [5.41, 5.74) is 4.04. The van der Waals surface area contributed by atoms with E-state index in [1.54, 1.807) is 6.20 Å². The standard InChI is InChI=1S/C25H25N3O2S/c1-4-30-23(29)25(2,3)31-24-27-20-10-7-15-26-22(20)28(24)21-14-13-17(16-11-12-16)18-8-5-6-9-19(18)21/h5-10,13-16H,4,11-12H2,1-3H3. The molecule has 0 bridgehead atoms. The highest BCUT2D eigenvalue weighted by atomic mass is 32.2. The lowest BCUT2D eigenvalue weighted by Gasteiger charge is -2.22. The molecule has 0 unspecified atom stereocenters. The molecule has 2 aromatic carbocycles. The Hall–Kier alpha value is -2.86. The number of thioether (sulfide) groups is 1. The second kappa shape index (κ2) is 7.68. The van der Waals surface area contributed by atoms with Gasteiger partial charge in [0.15, 0.2) is 10.8 Å². The van der Waals surface area contributed by atoms with Gasteiger partial charge in [0.25, 0.3) is 0 Å². The first kappa shape index (κ1) is 20.1. The molecule has 158 valence electrons. The third kappa shape index (κ3) is 3.59. The molecule has 0 amide bonds. The number of benzene rings is 2. The minimum absolute atomic E-state index is 0.250. The van der Waals surface area contributed by atoms with Crippen LogP contribution >= 0.6 is 11.8 Å². The van der Waals surface area contributed by atoms with Crippen LogP contribution in [0.2, 0.25) is 0 Å². The van der Waals surface area contributed by atoms with E-state index in [0.717, 1.165) is 22.0 Å². The van der Waals surface area contributed by atoms with E-state index in [2.05, 4.69) is 45.9 Å². The van der Waals surface area contributed by atoms with Crippen LogP contribution in [-0.4, -0.2) is 31.9 Å². The third-order valence-electron chi connectivity index (χ3n) is 5.69. The van der Waals surface area contributed by atoms with Gasteiger partial charge in [0, 0.05) is 11.6 Å². The average Bonchev–Trinajstić information content (AvgIpc) is 3.54. The molecule has 0 atom stereocenters. The van der Waals surface area contributed by atoms with Crippen molar-refractivity contribution in [2.75, 3.05) is 6.61 Å². The lowest BCUT2D eigenvalue weighted by atomic mass is 9.99. The predicted octanol–water partition coefficient (Wildman–Crippen LogP) is 5.88. The van der Waals surface area contributed by atoms with Gasteiger partial charge in [-0.3, -0.25) is 9.36 Å². The van der Waals surface area contributed by atoms with Gasteiger partial charge in [-0.2, -0.15) is 0 Å². The van der Waals surface area contributed by atoms with Crippen LogP contribution in [-0.2, 0) is 9.53 Å². The molecule has 0 N–H and O–H groups in total. The SMILES string of the molecule is CCOC(=O)C(C)(C)Sc1nc2cccnc2n1-c1ccc(C2CC2)c2ccccc12. The Morgan fingerprint density at radius 2 is 1.90 bits per heavy atom. The molecule has 5 rings (SSSR count). The smallest absolute Gasteiger partial charge is 0.322 e. The summed E-state index contributed by atoms with van der Waals surface area (Å²) < 4.78 is 6.61. The molecule has 6 heteroatoms. The van der Waals surface area contributed by atoms with Crippen molar-refractivity contribution < 1.29 is 9.53 Å². The maximum atomic E-state index is 12.6. The van der Waals surface area contributed by atoms with Crippen LogP contribution in [0.4, 0.5) is 0 Å². The van der Waals surface area contributed by atoms with Crippen LogP contribution in [0.1, 0.15) is 45.1 Å². The zero-order chi connectivity index (χ0) is 21.6. The van der Waals surface area contributed by atoms with Gasteiger partial charge in [-0.15, -0.1) is 0 Å². The summed E-state index contributed by atoms with van der Waals surface area (Å²) in [5.74, 6) is 0.411. The predicted molar refractivity (Wildman–Crippen MR) is 125 cm³/mol. The number of hydrogen-bond donors (Lipinski definition) is 0. The Kier molecular flexibility index (Phi) is 4.97. The summed E-state index contributed by atoms with van der Waals surface area (Å²) in [6.45, 7) is 5.93. The van der Waals surface area contributed by atoms with Gasteiger partial charge in [0.2, 0.25) is 0 Å². The third-order valence-corrected chi connectivity index (χ3v) is 6.82. The Morgan fingerprint density at radius 3 is 2.65 bits per heavy atom. The normalized spacial score (nSPS) is 14.3. The number of carbonyl (C=O) groups is 1. The Labute approximate surface area is 185 Å². The lowest BCUT2D eigenvalue weighted by Crippen LogP contribution is -2.30. The Bertz CT molecular complexity index is 1290. The zero-order valence-electron chi connectivity index (χ0n) is 18.0. The fraction of sp³-hybridized carbons (Fsp3) is 0.320. The van der Waals surface area contributed by atoms with E-state index < -0.39 is 4.75 Å². The highest BCUT2D eigenvalue weighted by molar-refractivity contribution is 8.01. The maximum absolute atomic E-state index is 12.6. The van der Waals surface area contributed by atoms with E-state index >= 15 is 0 Å². The second-order valence-electron chi connectivity index (χ2n) is 8.40. The number of rotatable bonds is 6. The summed E-state index contributed by atoms with van der Waals surface area (Å²) in [6, 6.07) is 16.8. The number of aromatic nitrogens is 3. The average molecular weight is 432 g/mol. The van der Waals surface area contributed by atoms with Crippen LogP contribution in [0.25, 0.3) is 27.6 Å². The maximum Gasteiger partial charge on any atom is 0.322 e. The molecule has 0 spiro atoms.